The molecule has 1 atom stereocenters. The van der Waals surface area contributed by atoms with Crippen molar-refractivity contribution in [3.05, 3.63) is 106 Å². The Morgan fingerprint density at radius 2 is 1.78 bits per heavy atom. The van der Waals surface area contributed by atoms with Gasteiger partial charge in [-0.25, -0.2) is 0 Å². The summed E-state index contributed by atoms with van der Waals surface area (Å²) in [4.78, 5) is 32.5. The van der Waals surface area contributed by atoms with E-state index >= 15 is 0 Å². The Morgan fingerprint density at radius 1 is 1.00 bits per heavy atom. The van der Waals surface area contributed by atoms with Crippen LogP contribution in [0.4, 0.5) is 0 Å². The van der Waals surface area contributed by atoms with Gasteiger partial charge in [-0.1, -0.05) is 60.7 Å². The predicted octanol–water partition coefficient (Wildman–Crippen LogP) is 5.94. The highest BCUT2D eigenvalue weighted by Crippen LogP contribution is 2.37. The van der Waals surface area contributed by atoms with Crippen molar-refractivity contribution < 1.29 is 14.3 Å². The second-order valence-electron chi connectivity index (χ2n) is 9.29. The van der Waals surface area contributed by atoms with Gasteiger partial charge in [-0.3, -0.25) is 9.59 Å². The molecule has 6 heteroatoms. The topological polar surface area (TPSA) is 49.9 Å². The Kier molecular flexibility index (Phi) is 7.97. The molecular weight excluding hydrogens is 480 g/mol. The molecule has 1 aliphatic heterocycles. The van der Waals surface area contributed by atoms with Crippen molar-refractivity contribution in [3.63, 3.8) is 0 Å². The molecule has 1 aliphatic rings. The molecule has 3 aromatic carbocycles. The minimum absolute atomic E-state index is 0.0312. The molecule has 0 saturated heterocycles. The number of amides is 2. The lowest BCUT2D eigenvalue weighted by atomic mass is 9.93. The Morgan fingerprint density at radius 3 is 2.59 bits per heavy atom. The summed E-state index contributed by atoms with van der Waals surface area (Å²) in [5.41, 5.74) is 2.89. The van der Waals surface area contributed by atoms with Gasteiger partial charge < -0.3 is 14.5 Å². The fraction of sp³-hybridized carbons (Fsp3) is 0.290. The van der Waals surface area contributed by atoms with Crippen molar-refractivity contribution in [1.29, 1.82) is 0 Å². The van der Waals surface area contributed by atoms with Crippen LogP contribution in [0, 0.1) is 0 Å². The van der Waals surface area contributed by atoms with Gasteiger partial charge in [-0.05, 0) is 65.2 Å². The third-order valence-electron chi connectivity index (χ3n) is 6.93. The van der Waals surface area contributed by atoms with Gasteiger partial charge >= 0.3 is 0 Å². The van der Waals surface area contributed by atoms with E-state index in [4.69, 9.17) is 4.74 Å². The number of ether oxygens (including phenoxy) is 1. The summed E-state index contributed by atoms with van der Waals surface area (Å²) in [5.74, 6) is -0.156. The molecule has 190 valence electrons. The monoisotopic (exact) mass is 512 g/mol. The molecule has 5 nitrogen and oxygen atoms in total. The zero-order chi connectivity index (χ0) is 25.6. The first-order chi connectivity index (χ1) is 18.2. The van der Waals surface area contributed by atoms with Crippen LogP contribution in [-0.4, -0.2) is 54.5 Å². The van der Waals surface area contributed by atoms with Crippen LogP contribution >= 0.6 is 11.3 Å². The molecule has 0 radical (unpaired) electrons. The van der Waals surface area contributed by atoms with Crippen LogP contribution in [0.3, 0.4) is 0 Å². The fourth-order valence-corrected chi connectivity index (χ4v) is 6.00. The van der Waals surface area contributed by atoms with Crippen LogP contribution < -0.4 is 0 Å². The average molecular weight is 513 g/mol. The smallest absolute Gasteiger partial charge is 0.254 e. The first-order valence-electron chi connectivity index (χ1n) is 12.9. The van der Waals surface area contributed by atoms with Gasteiger partial charge in [-0.2, -0.15) is 0 Å². The van der Waals surface area contributed by atoms with Gasteiger partial charge in [-0.15, -0.1) is 11.3 Å². The summed E-state index contributed by atoms with van der Waals surface area (Å²) in [6, 6.07) is 25.9. The van der Waals surface area contributed by atoms with Gasteiger partial charge in [0.1, 0.15) is 6.54 Å². The van der Waals surface area contributed by atoms with E-state index in [0.29, 0.717) is 38.3 Å². The minimum Gasteiger partial charge on any atom is -0.382 e. The lowest BCUT2D eigenvalue weighted by molar-refractivity contribution is -0.134. The summed E-state index contributed by atoms with van der Waals surface area (Å²) in [6.07, 6.45) is 1.52. The summed E-state index contributed by atoms with van der Waals surface area (Å²) in [6.45, 7) is 4.29. The van der Waals surface area contributed by atoms with E-state index in [-0.39, 0.29) is 24.4 Å². The van der Waals surface area contributed by atoms with Gasteiger partial charge in [0, 0.05) is 36.7 Å². The number of hydrogen-bond donors (Lipinski definition) is 0. The highest BCUT2D eigenvalue weighted by molar-refractivity contribution is 7.10. The number of carbonyl (C=O) groups excluding carboxylic acids is 2. The molecule has 2 heterocycles. The Bertz CT molecular complexity index is 1370. The number of fused-ring (bicyclic) bond motifs is 2. The SMILES string of the molecule is CCOCCCN(CC(=O)N1CCc2sccc2C1c1ccccc1)C(=O)c1ccc2ccccc2c1. The van der Waals surface area contributed by atoms with E-state index < -0.39 is 0 Å². The van der Waals surface area contributed by atoms with Gasteiger partial charge in [0.2, 0.25) is 5.91 Å². The zero-order valence-electron chi connectivity index (χ0n) is 21.1. The molecule has 5 rings (SSSR count). The summed E-state index contributed by atoms with van der Waals surface area (Å²) in [5, 5.41) is 4.21. The maximum Gasteiger partial charge on any atom is 0.254 e. The molecule has 4 aromatic rings. The number of carbonyl (C=O) groups is 2. The van der Waals surface area contributed by atoms with E-state index in [1.165, 1.54) is 10.4 Å². The molecule has 0 fully saturated rings. The van der Waals surface area contributed by atoms with Crippen LogP contribution in [0.2, 0.25) is 0 Å². The lowest BCUT2D eigenvalue weighted by Crippen LogP contribution is -2.47. The molecule has 0 bridgehead atoms. The third-order valence-corrected chi connectivity index (χ3v) is 7.93. The number of hydrogen-bond acceptors (Lipinski definition) is 4. The van der Waals surface area contributed by atoms with Crippen molar-refractivity contribution in [3.8, 4) is 0 Å². The number of rotatable bonds is 9. The van der Waals surface area contributed by atoms with Crippen molar-refractivity contribution in [2.24, 2.45) is 0 Å². The van der Waals surface area contributed by atoms with E-state index in [0.717, 1.165) is 22.8 Å². The Balaban J connectivity index is 1.40. The summed E-state index contributed by atoms with van der Waals surface area (Å²) in [7, 11) is 0. The maximum absolute atomic E-state index is 13.9. The average Bonchev–Trinajstić information content (AvgIpc) is 3.43. The highest BCUT2D eigenvalue weighted by Gasteiger charge is 2.34. The molecule has 0 saturated carbocycles. The second kappa shape index (κ2) is 11.7. The Labute approximate surface area is 222 Å². The molecule has 0 N–H and O–H groups in total. The molecule has 1 aromatic heterocycles. The maximum atomic E-state index is 13.9. The molecule has 2 amide bonds. The van der Waals surface area contributed by atoms with Gasteiger partial charge in [0.15, 0.2) is 0 Å². The molecule has 1 unspecified atom stereocenters. The molecule has 37 heavy (non-hydrogen) atoms. The number of thiophene rings is 1. The van der Waals surface area contributed by atoms with Crippen LogP contribution in [0.25, 0.3) is 10.8 Å². The van der Waals surface area contributed by atoms with Gasteiger partial charge in [0.25, 0.3) is 5.91 Å². The standard InChI is InChI=1S/C31H32N2O3S/c1-2-36-19-8-17-32(31(35)26-14-13-23-9-6-7-12-25(23)21-26)22-29(34)33-18-15-28-27(16-20-37-28)30(33)24-10-4-3-5-11-24/h3-7,9-14,16,20-21,30H,2,8,15,17-19,22H2,1H3. The van der Waals surface area contributed by atoms with Crippen LogP contribution in [0.15, 0.2) is 84.2 Å². The van der Waals surface area contributed by atoms with E-state index in [1.54, 1.807) is 16.2 Å². The third kappa shape index (κ3) is 5.60. The first-order valence-corrected chi connectivity index (χ1v) is 13.8. The van der Waals surface area contributed by atoms with E-state index in [2.05, 4.69) is 23.6 Å². The van der Waals surface area contributed by atoms with E-state index in [1.807, 2.05) is 72.5 Å². The molecular formula is C31H32N2O3S. The highest BCUT2D eigenvalue weighted by atomic mass is 32.1. The first kappa shape index (κ1) is 25.2. The predicted molar refractivity (Wildman–Crippen MR) is 149 cm³/mol. The lowest BCUT2D eigenvalue weighted by Gasteiger charge is -2.37. The van der Waals surface area contributed by atoms with Crippen molar-refractivity contribution in [1.82, 2.24) is 9.80 Å². The summed E-state index contributed by atoms with van der Waals surface area (Å²) >= 11 is 1.75. The van der Waals surface area contributed by atoms with Crippen LogP contribution in [0.1, 0.15) is 45.7 Å². The van der Waals surface area contributed by atoms with Gasteiger partial charge in [0.05, 0.1) is 6.04 Å². The molecule has 0 spiro atoms. The minimum atomic E-state index is -0.134. The summed E-state index contributed by atoms with van der Waals surface area (Å²) < 4.78 is 5.52. The van der Waals surface area contributed by atoms with Crippen molar-refractivity contribution in [2.45, 2.75) is 25.8 Å². The number of benzene rings is 3. The quantitative estimate of drug-likeness (QED) is 0.261. The second-order valence-corrected chi connectivity index (χ2v) is 10.3. The van der Waals surface area contributed by atoms with Crippen LogP contribution in [-0.2, 0) is 16.0 Å². The number of nitrogens with zero attached hydrogens (tertiary/aromatic N) is 2. The van der Waals surface area contributed by atoms with Crippen LogP contribution in [0.5, 0.6) is 0 Å². The van der Waals surface area contributed by atoms with Crippen molar-refractivity contribution >= 4 is 33.9 Å². The normalized spacial score (nSPS) is 14.9. The largest absolute Gasteiger partial charge is 0.382 e. The van der Waals surface area contributed by atoms with Crippen molar-refractivity contribution in [2.75, 3.05) is 32.8 Å². The Hall–Kier alpha value is -3.48. The zero-order valence-corrected chi connectivity index (χ0v) is 22.0. The molecule has 0 aliphatic carbocycles. The fourth-order valence-electron chi connectivity index (χ4n) is 5.09. The van der Waals surface area contributed by atoms with E-state index in [9.17, 15) is 9.59 Å².